The van der Waals surface area contributed by atoms with Gasteiger partial charge in [-0.15, -0.1) is 10.2 Å². The minimum absolute atomic E-state index is 0.230. The van der Waals surface area contributed by atoms with Gasteiger partial charge in [0.15, 0.2) is 5.82 Å². The van der Waals surface area contributed by atoms with Gasteiger partial charge in [0.2, 0.25) is 4.96 Å². The lowest BCUT2D eigenvalue weighted by atomic mass is 10.2. The highest BCUT2D eigenvalue weighted by Crippen LogP contribution is 2.29. The lowest BCUT2D eigenvalue weighted by Crippen LogP contribution is -2.12. The van der Waals surface area contributed by atoms with Crippen molar-refractivity contribution in [2.24, 2.45) is 0 Å². The van der Waals surface area contributed by atoms with Crippen LogP contribution >= 0.6 is 34.5 Å². The highest BCUT2D eigenvalue weighted by atomic mass is 35.5. The summed E-state index contributed by atoms with van der Waals surface area (Å²) in [4.78, 5) is 13.3. The van der Waals surface area contributed by atoms with Crippen molar-refractivity contribution >= 4 is 51.1 Å². The van der Waals surface area contributed by atoms with Gasteiger partial charge in [0, 0.05) is 17.7 Å². The maximum atomic E-state index is 12.5. The van der Waals surface area contributed by atoms with Crippen LogP contribution in [0.3, 0.4) is 0 Å². The fraction of sp³-hybridized carbons (Fsp3) is 0.111. The Hall–Kier alpha value is -2.48. The lowest BCUT2D eigenvalue weighted by Gasteiger charge is -2.08. The van der Waals surface area contributed by atoms with E-state index in [0.29, 0.717) is 16.3 Å². The van der Waals surface area contributed by atoms with E-state index in [4.69, 9.17) is 23.2 Å². The number of nitrogens with zero attached hydrogens (tertiary/aromatic N) is 4. The first-order valence-corrected chi connectivity index (χ1v) is 9.71. The van der Waals surface area contributed by atoms with E-state index in [1.165, 1.54) is 11.3 Å². The summed E-state index contributed by atoms with van der Waals surface area (Å²) in [7, 11) is 0. The minimum atomic E-state index is -0.328. The number of fused-ring (bicyclic) bond motifs is 1. The summed E-state index contributed by atoms with van der Waals surface area (Å²) in [5.41, 5.74) is 1.83. The Kier molecular flexibility index (Phi) is 4.82. The Morgan fingerprint density at radius 1 is 1.19 bits per heavy atom. The summed E-state index contributed by atoms with van der Waals surface area (Å²) in [5, 5.41) is 17.0. The van der Waals surface area contributed by atoms with Gasteiger partial charge in [-0.05, 0) is 24.3 Å². The Bertz CT molecular complexity index is 1150. The molecular weight excluding hydrogens is 405 g/mol. The van der Waals surface area contributed by atoms with Crippen LogP contribution in [0.5, 0.6) is 0 Å². The number of benzene rings is 2. The molecule has 0 aliphatic carbocycles. The van der Waals surface area contributed by atoms with Gasteiger partial charge in [0.05, 0.1) is 15.6 Å². The van der Waals surface area contributed by atoms with Gasteiger partial charge >= 0.3 is 0 Å². The van der Waals surface area contributed by atoms with Gasteiger partial charge in [0.25, 0.3) is 5.91 Å². The maximum Gasteiger partial charge on any atom is 0.257 e. The van der Waals surface area contributed by atoms with Crippen LogP contribution in [-0.4, -0.2) is 25.7 Å². The zero-order valence-electron chi connectivity index (χ0n) is 14.1. The minimum Gasteiger partial charge on any atom is -0.322 e. The maximum absolute atomic E-state index is 12.5. The number of amides is 1. The predicted octanol–water partition coefficient (Wildman–Crippen LogP) is 4.97. The summed E-state index contributed by atoms with van der Waals surface area (Å²) in [6.07, 6.45) is 0.751. The van der Waals surface area contributed by atoms with E-state index in [1.54, 1.807) is 28.8 Å². The second-order valence-electron chi connectivity index (χ2n) is 5.71. The second-order valence-corrected chi connectivity index (χ2v) is 7.45. The number of hydrogen-bond acceptors (Lipinski definition) is 5. The fourth-order valence-corrected chi connectivity index (χ4v) is 3.84. The molecule has 0 aliphatic heterocycles. The summed E-state index contributed by atoms with van der Waals surface area (Å²) in [5.74, 6) is 0.485. The summed E-state index contributed by atoms with van der Waals surface area (Å²) in [6.45, 7) is 2.01. The van der Waals surface area contributed by atoms with Crippen molar-refractivity contribution in [1.82, 2.24) is 19.8 Å². The largest absolute Gasteiger partial charge is 0.322 e. The zero-order chi connectivity index (χ0) is 19.0. The number of hydrogen-bond donors (Lipinski definition) is 1. The van der Waals surface area contributed by atoms with Crippen molar-refractivity contribution < 1.29 is 4.79 Å². The molecule has 27 heavy (non-hydrogen) atoms. The molecule has 1 amide bonds. The third-order valence-electron chi connectivity index (χ3n) is 3.94. The molecule has 0 saturated carbocycles. The van der Waals surface area contributed by atoms with Crippen LogP contribution in [0, 0.1) is 0 Å². The average molecular weight is 418 g/mol. The van der Waals surface area contributed by atoms with Crippen LogP contribution in [0.1, 0.15) is 23.1 Å². The number of rotatable bonds is 4. The molecule has 1 N–H and O–H groups in total. The molecule has 4 aromatic rings. The number of aromatic nitrogens is 4. The van der Waals surface area contributed by atoms with Crippen LogP contribution < -0.4 is 5.32 Å². The number of nitrogens with one attached hydrogen (secondary N) is 1. The Balaban J connectivity index is 1.63. The number of anilines is 1. The molecule has 0 aliphatic rings. The number of aryl methyl sites for hydroxylation is 1. The van der Waals surface area contributed by atoms with Crippen molar-refractivity contribution in [3.8, 4) is 10.6 Å². The lowest BCUT2D eigenvalue weighted by molar-refractivity contribution is 0.102. The first-order valence-electron chi connectivity index (χ1n) is 8.13. The third-order valence-corrected chi connectivity index (χ3v) is 5.70. The first kappa shape index (κ1) is 17.9. The van der Waals surface area contributed by atoms with Crippen LogP contribution in [0.2, 0.25) is 10.0 Å². The van der Waals surface area contributed by atoms with E-state index in [1.807, 2.05) is 25.1 Å². The molecule has 6 nitrogen and oxygen atoms in total. The van der Waals surface area contributed by atoms with Gasteiger partial charge in [-0.2, -0.15) is 9.61 Å². The SMILES string of the molecule is CCc1nnc2sc(-c3cccc(NC(=O)c4cccc(Cl)c4Cl)c3)nn12. The first-order chi connectivity index (χ1) is 13.1. The highest BCUT2D eigenvalue weighted by molar-refractivity contribution is 7.19. The molecule has 0 bridgehead atoms. The van der Waals surface area contributed by atoms with E-state index >= 15 is 0 Å². The monoisotopic (exact) mass is 417 g/mol. The Labute approximate surface area is 168 Å². The van der Waals surface area contributed by atoms with Crippen molar-refractivity contribution in [3.05, 3.63) is 63.9 Å². The van der Waals surface area contributed by atoms with Gasteiger partial charge in [0.1, 0.15) is 5.01 Å². The van der Waals surface area contributed by atoms with E-state index in [-0.39, 0.29) is 10.9 Å². The molecule has 4 rings (SSSR count). The van der Waals surface area contributed by atoms with Crippen LogP contribution in [0.15, 0.2) is 42.5 Å². The van der Waals surface area contributed by atoms with E-state index in [2.05, 4.69) is 20.6 Å². The number of carbonyl (C=O) groups is 1. The molecule has 0 saturated heterocycles. The Morgan fingerprint density at radius 3 is 2.81 bits per heavy atom. The molecule has 0 spiro atoms. The van der Waals surface area contributed by atoms with Crippen molar-refractivity contribution in [2.75, 3.05) is 5.32 Å². The fourth-order valence-electron chi connectivity index (χ4n) is 2.60. The van der Waals surface area contributed by atoms with Crippen molar-refractivity contribution in [2.45, 2.75) is 13.3 Å². The molecule has 136 valence electrons. The molecule has 2 heterocycles. The number of carbonyl (C=O) groups excluding carboxylic acids is 1. The van der Waals surface area contributed by atoms with Gasteiger partial charge in [-0.3, -0.25) is 4.79 Å². The summed E-state index contributed by atoms with van der Waals surface area (Å²) < 4.78 is 1.75. The topological polar surface area (TPSA) is 72.2 Å². The van der Waals surface area contributed by atoms with Crippen molar-refractivity contribution in [1.29, 1.82) is 0 Å². The smallest absolute Gasteiger partial charge is 0.257 e. The van der Waals surface area contributed by atoms with E-state index < -0.39 is 0 Å². The normalized spacial score (nSPS) is 11.1. The molecule has 0 fully saturated rings. The molecule has 0 radical (unpaired) electrons. The van der Waals surface area contributed by atoms with Gasteiger partial charge < -0.3 is 5.32 Å². The molecular formula is C18H13Cl2N5OS. The summed E-state index contributed by atoms with van der Waals surface area (Å²) >= 11 is 13.6. The van der Waals surface area contributed by atoms with Gasteiger partial charge in [-0.1, -0.05) is 59.7 Å². The molecule has 0 atom stereocenters. The quantitative estimate of drug-likeness (QED) is 0.508. The molecule has 0 unspecified atom stereocenters. The molecule has 2 aromatic heterocycles. The summed E-state index contributed by atoms with van der Waals surface area (Å²) in [6, 6.07) is 12.4. The average Bonchev–Trinajstić information content (AvgIpc) is 3.24. The zero-order valence-corrected chi connectivity index (χ0v) is 16.4. The Morgan fingerprint density at radius 2 is 2.00 bits per heavy atom. The number of halogens is 2. The predicted molar refractivity (Wildman–Crippen MR) is 108 cm³/mol. The van der Waals surface area contributed by atoms with Crippen LogP contribution in [0.4, 0.5) is 5.69 Å². The third kappa shape index (κ3) is 3.41. The van der Waals surface area contributed by atoms with Crippen LogP contribution in [0.25, 0.3) is 15.5 Å². The van der Waals surface area contributed by atoms with E-state index in [9.17, 15) is 4.79 Å². The highest BCUT2D eigenvalue weighted by Gasteiger charge is 2.15. The van der Waals surface area contributed by atoms with E-state index in [0.717, 1.165) is 27.8 Å². The second kappa shape index (κ2) is 7.26. The van der Waals surface area contributed by atoms with Gasteiger partial charge in [-0.25, -0.2) is 0 Å². The molecule has 2 aromatic carbocycles. The standard InChI is InChI=1S/C18H13Cl2N5OS/c1-2-14-22-23-18-25(14)24-17(27-18)10-5-3-6-11(9-10)21-16(26)12-7-4-8-13(19)15(12)20/h3-9H,2H2,1H3,(H,21,26). The molecule has 9 heteroatoms. The van der Waals surface area contributed by atoms with Crippen LogP contribution in [-0.2, 0) is 6.42 Å². The van der Waals surface area contributed by atoms with Crippen molar-refractivity contribution in [3.63, 3.8) is 0 Å².